The minimum absolute atomic E-state index is 0.201. The number of nitrogens with one attached hydrogen (secondary N) is 1. The van der Waals surface area contributed by atoms with Gasteiger partial charge >= 0.3 is 0 Å². The molecule has 0 aliphatic rings. The molecule has 0 atom stereocenters. The van der Waals surface area contributed by atoms with Crippen LogP contribution in [-0.2, 0) is 7.05 Å². The lowest BCUT2D eigenvalue weighted by molar-refractivity contribution is 0.101. The number of halogens is 3. The van der Waals surface area contributed by atoms with Gasteiger partial charge < -0.3 is 9.88 Å². The predicted molar refractivity (Wildman–Crippen MR) is 80.2 cm³/mol. The fraction of sp³-hybridized carbons (Fsp3) is 0.0833. The van der Waals surface area contributed by atoms with E-state index in [0.717, 1.165) is 8.95 Å². The van der Waals surface area contributed by atoms with Gasteiger partial charge in [-0.25, -0.2) is 0 Å². The number of nitrogens with zero attached hydrogens (tertiary/aromatic N) is 1. The molecule has 0 saturated heterocycles. The summed E-state index contributed by atoms with van der Waals surface area (Å²) in [6.45, 7) is 0. The fourth-order valence-electron chi connectivity index (χ4n) is 1.53. The first-order valence-corrected chi connectivity index (χ1v) is 7.02. The molecule has 1 aromatic carbocycles. The number of anilines is 1. The maximum Gasteiger partial charge on any atom is 0.272 e. The molecule has 94 valence electrons. The zero-order chi connectivity index (χ0) is 13.3. The van der Waals surface area contributed by atoms with E-state index in [-0.39, 0.29) is 5.91 Å². The number of amides is 1. The number of aromatic nitrogens is 1. The van der Waals surface area contributed by atoms with Gasteiger partial charge in [-0.15, -0.1) is 0 Å². The van der Waals surface area contributed by atoms with Crippen molar-refractivity contribution >= 4 is 55.1 Å². The van der Waals surface area contributed by atoms with Crippen molar-refractivity contribution in [3.8, 4) is 0 Å². The van der Waals surface area contributed by atoms with E-state index < -0.39 is 0 Å². The van der Waals surface area contributed by atoms with Crippen molar-refractivity contribution in [3.05, 3.63) is 50.1 Å². The summed E-state index contributed by atoms with van der Waals surface area (Å²) < 4.78 is 3.47. The van der Waals surface area contributed by atoms with Crippen LogP contribution in [-0.4, -0.2) is 10.5 Å². The molecule has 1 heterocycles. The summed E-state index contributed by atoms with van der Waals surface area (Å²) in [5.41, 5.74) is 1.14. The van der Waals surface area contributed by atoms with E-state index in [4.69, 9.17) is 11.6 Å². The van der Waals surface area contributed by atoms with Gasteiger partial charge in [0.05, 0.1) is 10.7 Å². The second-order valence-electron chi connectivity index (χ2n) is 3.73. The Morgan fingerprint density at radius 2 is 2.00 bits per heavy atom. The Kier molecular flexibility index (Phi) is 4.14. The van der Waals surface area contributed by atoms with Crippen molar-refractivity contribution in [3.63, 3.8) is 0 Å². The van der Waals surface area contributed by atoms with Gasteiger partial charge in [-0.05, 0) is 40.2 Å². The van der Waals surface area contributed by atoms with Crippen LogP contribution in [0.5, 0.6) is 0 Å². The molecule has 2 aromatic rings. The second-order valence-corrected chi connectivity index (χ2v) is 5.97. The van der Waals surface area contributed by atoms with Crippen LogP contribution in [0.2, 0.25) is 5.02 Å². The van der Waals surface area contributed by atoms with Gasteiger partial charge in [0.25, 0.3) is 5.91 Å². The average molecular weight is 392 g/mol. The van der Waals surface area contributed by atoms with Crippen LogP contribution < -0.4 is 5.32 Å². The van der Waals surface area contributed by atoms with Crippen LogP contribution in [0, 0.1) is 0 Å². The van der Waals surface area contributed by atoms with Crippen LogP contribution in [0.15, 0.2) is 39.4 Å². The summed E-state index contributed by atoms with van der Waals surface area (Å²) in [5, 5.41) is 3.27. The van der Waals surface area contributed by atoms with Gasteiger partial charge in [-0.1, -0.05) is 27.5 Å². The third kappa shape index (κ3) is 2.96. The average Bonchev–Trinajstić information content (AvgIpc) is 2.62. The molecule has 0 aliphatic heterocycles. The van der Waals surface area contributed by atoms with Crippen molar-refractivity contribution in [2.24, 2.45) is 7.05 Å². The topological polar surface area (TPSA) is 34.0 Å². The van der Waals surface area contributed by atoms with E-state index in [1.165, 1.54) is 0 Å². The third-order valence-electron chi connectivity index (χ3n) is 2.38. The van der Waals surface area contributed by atoms with Gasteiger partial charge in [-0.2, -0.15) is 0 Å². The van der Waals surface area contributed by atoms with Crippen LogP contribution in [0.25, 0.3) is 0 Å². The first-order valence-electron chi connectivity index (χ1n) is 5.05. The molecule has 0 radical (unpaired) electrons. The number of benzene rings is 1. The number of hydrogen-bond acceptors (Lipinski definition) is 1. The monoisotopic (exact) mass is 390 g/mol. The minimum Gasteiger partial charge on any atom is -0.345 e. The van der Waals surface area contributed by atoms with E-state index >= 15 is 0 Å². The smallest absolute Gasteiger partial charge is 0.272 e. The maximum atomic E-state index is 12.1. The number of aryl methyl sites for hydroxylation is 1. The van der Waals surface area contributed by atoms with E-state index in [1.54, 1.807) is 22.8 Å². The van der Waals surface area contributed by atoms with Crippen molar-refractivity contribution in [1.82, 2.24) is 4.57 Å². The van der Waals surface area contributed by atoms with Crippen molar-refractivity contribution in [1.29, 1.82) is 0 Å². The van der Waals surface area contributed by atoms with Gasteiger partial charge in [0.2, 0.25) is 0 Å². The Morgan fingerprint density at radius 3 is 2.56 bits per heavy atom. The first-order chi connectivity index (χ1) is 8.47. The lowest BCUT2D eigenvalue weighted by atomic mass is 10.3. The highest BCUT2D eigenvalue weighted by Gasteiger charge is 2.12. The molecule has 0 fully saturated rings. The molecule has 0 unspecified atom stereocenters. The molecule has 1 aromatic heterocycles. The summed E-state index contributed by atoms with van der Waals surface area (Å²) in [4.78, 5) is 12.1. The Bertz CT molecular complexity index is 610. The zero-order valence-electron chi connectivity index (χ0n) is 9.38. The van der Waals surface area contributed by atoms with Crippen molar-refractivity contribution in [2.45, 2.75) is 0 Å². The summed E-state index contributed by atoms with van der Waals surface area (Å²) in [7, 11) is 1.81. The first kappa shape index (κ1) is 13.6. The lowest BCUT2D eigenvalue weighted by Crippen LogP contribution is -2.15. The highest BCUT2D eigenvalue weighted by molar-refractivity contribution is 9.10. The predicted octanol–water partition coefficient (Wildman–Crippen LogP) is 4.46. The van der Waals surface area contributed by atoms with Crippen LogP contribution in [0.1, 0.15) is 10.5 Å². The standard InChI is InChI=1S/C12H9Br2ClN2O/c1-17-6-8(14)5-11(17)12(18)16-10-3-2-7(13)4-9(10)15/h2-6H,1H3,(H,16,18). The molecule has 6 heteroatoms. The fourth-order valence-corrected chi connectivity index (χ4v) is 2.77. The normalized spacial score (nSPS) is 10.4. The number of carbonyl (C=O) groups excluding carboxylic acids is 1. The molecule has 0 aliphatic carbocycles. The molecule has 18 heavy (non-hydrogen) atoms. The minimum atomic E-state index is -0.201. The van der Waals surface area contributed by atoms with E-state index in [2.05, 4.69) is 37.2 Å². The molecule has 1 amide bonds. The maximum absolute atomic E-state index is 12.1. The third-order valence-corrected chi connectivity index (χ3v) is 3.62. The summed E-state index contributed by atoms with van der Waals surface area (Å²) >= 11 is 12.7. The van der Waals surface area contributed by atoms with E-state index in [1.807, 2.05) is 19.3 Å². The van der Waals surface area contributed by atoms with Crippen LogP contribution in [0.4, 0.5) is 5.69 Å². The van der Waals surface area contributed by atoms with Crippen LogP contribution >= 0.6 is 43.5 Å². The second kappa shape index (κ2) is 5.47. The van der Waals surface area contributed by atoms with E-state index in [0.29, 0.717) is 16.4 Å². The molecular formula is C12H9Br2ClN2O. The largest absolute Gasteiger partial charge is 0.345 e. The Labute approximate surface area is 126 Å². The summed E-state index contributed by atoms with van der Waals surface area (Å²) in [6.07, 6.45) is 1.82. The zero-order valence-corrected chi connectivity index (χ0v) is 13.3. The molecule has 1 N–H and O–H groups in total. The Hall–Kier alpha value is -0.780. The molecule has 3 nitrogen and oxygen atoms in total. The van der Waals surface area contributed by atoms with Crippen molar-refractivity contribution in [2.75, 3.05) is 5.32 Å². The van der Waals surface area contributed by atoms with Crippen LogP contribution in [0.3, 0.4) is 0 Å². The van der Waals surface area contributed by atoms with Crippen molar-refractivity contribution < 1.29 is 4.79 Å². The molecule has 0 saturated carbocycles. The van der Waals surface area contributed by atoms with Gasteiger partial charge in [0.1, 0.15) is 5.69 Å². The van der Waals surface area contributed by atoms with E-state index in [9.17, 15) is 4.79 Å². The molecule has 0 bridgehead atoms. The summed E-state index contributed by atoms with van der Waals surface area (Å²) in [5.74, 6) is -0.201. The SMILES string of the molecule is Cn1cc(Br)cc1C(=O)Nc1ccc(Br)cc1Cl. The van der Waals surface area contributed by atoms with Gasteiger partial charge in [0, 0.05) is 22.2 Å². The summed E-state index contributed by atoms with van der Waals surface area (Å²) in [6, 6.07) is 7.06. The molecule has 0 spiro atoms. The van der Waals surface area contributed by atoms with Gasteiger partial charge in [0.15, 0.2) is 0 Å². The molecular weight excluding hydrogens is 383 g/mol. The quantitative estimate of drug-likeness (QED) is 0.805. The number of carbonyl (C=O) groups is 1. The number of rotatable bonds is 2. The Morgan fingerprint density at radius 1 is 1.28 bits per heavy atom. The highest BCUT2D eigenvalue weighted by atomic mass is 79.9. The lowest BCUT2D eigenvalue weighted by Gasteiger charge is -2.08. The Balaban J connectivity index is 2.24. The molecule has 2 rings (SSSR count). The van der Waals surface area contributed by atoms with Gasteiger partial charge in [-0.3, -0.25) is 4.79 Å². The highest BCUT2D eigenvalue weighted by Crippen LogP contribution is 2.26. The number of hydrogen-bond donors (Lipinski definition) is 1.